The Balaban J connectivity index is 1.73. The van der Waals surface area contributed by atoms with Crippen LogP contribution in [0.1, 0.15) is 69.8 Å². The van der Waals surface area contributed by atoms with Gasteiger partial charge in [-0.05, 0) is 24.3 Å². The van der Waals surface area contributed by atoms with Crippen LogP contribution in [0.3, 0.4) is 0 Å². The number of carbonyl (C=O) groups excluding carboxylic acids is 1. The van der Waals surface area contributed by atoms with Gasteiger partial charge >= 0.3 is 0 Å². The van der Waals surface area contributed by atoms with Crippen molar-refractivity contribution in [1.82, 2.24) is 5.32 Å². The van der Waals surface area contributed by atoms with E-state index in [9.17, 15) is 4.79 Å². The zero-order chi connectivity index (χ0) is 15.6. The van der Waals surface area contributed by atoms with E-state index in [0.717, 1.165) is 18.7 Å². The van der Waals surface area contributed by atoms with E-state index < -0.39 is 0 Å². The van der Waals surface area contributed by atoms with Gasteiger partial charge in [0.05, 0.1) is 0 Å². The molecule has 0 amide bonds. The maximum Gasteiger partial charge on any atom is 0.158 e. The van der Waals surface area contributed by atoms with Crippen molar-refractivity contribution in [1.29, 1.82) is 0 Å². The van der Waals surface area contributed by atoms with Crippen molar-refractivity contribution in [2.24, 2.45) is 0 Å². The number of hydrogen-bond acceptors (Lipinski definition) is 2. The Morgan fingerprint density at radius 2 is 1.73 bits per heavy atom. The van der Waals surface area contributed by atoms with Crippen molar-refractivity contribution >= 4 is 5.78 Å². The maximum absolute atomic E-state index is 11.9. The van der Waals surface area contributed by atoms with Gasteiger partial charge in [-0.2, -0.15) is 0 Å². The minimum atomic E-state index is 0.255. The van der Waals surface area contributed by atoms with Gasteiger partial charge in [0.15, 0.2) is 5.78 Å². The van der Waals surface area contributed by atoms with Crippen molar-refractivity contribution in [2.75, 3.05) is 6.54 Å². The molecule has 1 aromatic carbocycles. The Morgan fingerprint density at radius 1 is 1.00 bits per heavy atom. The minimum Gasteiger partial charge on any atom is -0.388 e. The summed E-state index contributed by atoms with van der Waals surface area (Å²) in [4.78, 5) is 11.9. The lowest BCUT2D eigenvalue weighted by atomic mass is 9.85. The third kappa shape index (κ3) is 5.67. The molecule has 1 unspecified atom stereocenters. The highest BCUT2D eigenvalue weighted by molar-refractivity contribution is 5.91. The van der Waals surface area contributed by atoms with Crippen LogP contribution >= 0.6 is 0 Å². The minimum absolute atomic E-state index is 0.255. The second kappa shape index (κ2) is 9.45. The van der Waals surface area contributed by atoms with Crippen LogP contribution in [0.4, 0.5) is 0 Å². The summed E-state index contributed by atoms with van der Waals surface area (Å²) in [6, 6.07) is 10.4. The lowest BCUT2D eigenvalue weighted by molar-refractivity contribution is -0.115. The number of carbonyl (C=O) groups is 1. The fourth-order valence-corrected chi connectivity index (χ4v) is 3.13. The Hall–Kier alpha value is -1.57. The Kier molecular flexibility index (Phi) is 7.21. The predicted molar refractivity (Wildman–Crippen MR) is 92.9 cm³/mol. The number of benzene rings is 1. The molecule has 22 heavy (non-hydrogen) atoms. The van der Waals surface area contributed by atoms with E-state index in [2.05, 4.69) is 36.5 Å². The maximum atomic E-state index is 11.9. The normalized spacial score (nSPS) is 18.1. The Labute approximate surface area is 135 Å². The molecule has 0 radical (unpaired) electrons. The molecule has 1 aromatic rings. The van der Waals surface area contributed by atoms with Crippen LogP contribution in [0.2, 0.25) is 0 Å². The van der Waals surface area contributed by atoms with Crippen molar-refractivity contribution in [2.45, 2.75) is 64.2 Å². The van der Waals surface area contributed by atoms with Crippen LogP contribution in [0.25, 0.3) is 0 Å². The zero-order valence-electron chi connectivity index (χ0n) is 13.8. The molecule has 2 heteroatoms. The SMILES string of the molecule is CCCCCCCCNC1=CC(=O)CC(c2ccccc2)C1. The van der Waals surface area contributed by atoms with Gasteiger partial charge in [0.1, 0.15) is 0 Å². The van der Waals surface area contributed by atoms with E-state index >= 15 is 0 Å². The summed E-state index contributed by atoms with van der Waals surface area (Å²) < 4.78 is 0. The van der Waals surface area contributed by atoms with Gasteiger partial charge in [-0.25, -0.2) is 0 Å². The molecular weight excluding hydrogens is 270 g/mol. The molecule has 1 atom stereocenters. The average molecular weight is 299 g/mol. The van der Waals surface area contributed by atoms with Crippen LogP contribution < -0.4 is 5.32 Å². The summed E-state index contributed by atoms with van der Waals surface area (Å²) in [5.41, 5.74) is 2.40. The van der Waals surface area contributed by atoms with E-state index in [1.807, 2.05) is 12.1 Å². The third-order valence-corrected chi connectivity index (χ3v) is 4.40. The van der Waals surface area contributed by atoms with Crippen LogP contribution in [0.15, 0.2) is 42.1 Å². The first-order valence-corrected chi connectivity index (χ1v) is 8.82. The summed E-state index contributed by atoms with van der Waals surface area (Å²) in [7, 11) is 0. The summed E-state index contributed by atoms with van der Waals surface area (Å²) in [5.74, 6) is 0.594. The van der Waals surface area contributed by atoms with Crippen LogP contribution in [-0.4, -0.2) is 12.3 Å². The van der Waals surface area contributed by atoms with E-state index in [-0.39, 0.29) is 5.78 Å². The molecule has 2 nitrogen and oxygen atoms in total. The molecule has 0 fully saturated rings. The number of rotatable bonds is 9. The fourth-order valence-electron chi connectivity index (χ4n) is 3.13. The molecular formula is C20H29NO. The van der Waals surface area contributed by atoms with E-state index in [1.54, 1.807) is 0 Å². The topological polar surface area (TPSA) is 29.1 Å². The molecule has 0 bridgehead atoms. The quantitative estimate of drug-likeness (QED) is 0.652. The number of nitrogens with one attached hydrogen (secondary N) is 1. The molecule has 120 valence electrons. The molecule has 0 saturated heterocycles. The van der Waals surface area contributed by atoms with E-state index in [1.165, 1.54) is 44.1 Å². The molecule has 0 aromatic heterocycles. The zero-order valence-corrected chi connectivity index (χ0v) is 13.8. The smallest absolute Gasteiger partial charge is 0.158 e. The van der Waals surface area contributed by atoms with Crippen LogP contribution in [0, 0.1) is 0 Å². The fraction of sp³-hybridized carbons (Fsp3) is 0.550. The average Bonchev–Trinajstić information content (AvgIpc) is 2.54. The second-order valence-corrected chi connectivity index (χ2v) is 6.35. The van der Waals surface area contributed by atoms with Gasteiger partial charge in [-0.3, -0.25) is 4.79 Å². The summed E-state index contributed by atoms with van der Waals surface area (Å²) in [5, 5.41) is 3.48. The number of allylic oxidation sites excluding steroid dienone is 2. The predicted octanol–water partition coefficient (Wildman–Crippen LogP) is 4.97. The molecule has 0 heterocycles. The van der Waals surface area contributed by atoms with Gasteiger partial charge in [0.25, 0.3) is 0 Å². The highest BCUT2D eigenvalue weighted by Crippen LogP contribution is 2.30. The first-order valence-electron chi connectivity index (χ1n) is 8.82. The third-order valence-electron chi connectivity index (χ3n) is 4.40. The highest BCUT2D eigenvalue weighted by Gasteiger charge is 2.21. The molecule has 1 aliphatic carbocycles. The molecule has 1 aliphatic rings. The van der Waals surface area contributed by atoms with Crippen molar-refractivity contribution in [3.05, 3.63) is 47.7 Å². The largest absolute Gasteiger partial charge is 0.388 e. The van der Waals surface area contributed by atoms with Gasteiger partial charge in [-0.1, -0.05) is 69.4 Å². The first kappa shape index (κ1) is 16.8. The number of unbranched alkanes of at least 4 members (excludes halogenated alkanes) is 5. The standard InChI is InChI=1S/C20H29NO/c1-2-3-4-5-6-10-13-21-19-14-18(15-20(22)16-19)17-11-8-7-9-12-17/h7-9,11-12,16,18,21H,2-6,10,13-15H2,1H3. The summed E-state index contributed by atoms with van der Waals surface area (Å²) in [6.07, 6.45) is 11.3. The molecule has 0 aliphatic heterocycles. The Bertz CT molecular complexity index is 478. The molecule has 0 spiro atoms. The second-order valence-electron chi connectivity index (χ2n) is 6.35. The lowest BCUT2D eigenvalue weighted by Gasteiger charge is -2.23. The van der Waals surface area contributed by atoms with Crippen molar-refractivity contribution < 1.29 is 4.79 Å². The van der Waals surface area contributed by atoms with Gasteiger partial charge in [0.2, 0.25) is 0 Å². The summed E-state index contributed by atoms with van der Waals surface area (Å²) in [6.45, 7) is 3.24. The van der Waals surface area contributed by atoms with Gasteiger partial charge in [0, 0.05) is 24.7 Å². The van der Waals surface area contributed by atoms with E-state index in [4.69, 9.17) is 0 Å². The number of hydrogen-bond donors (Lipinski definition) is 1. The molecule has 1 N–H and O–H groups in total. The van der Waals surface area contributed by atoms with Crippen LogP contribution in [-0.2, 0) is 4.79 Å². The number of ketones is 1. The van der Waals surface area contributed by atoms with E-state index in [0.29, 0.717) is 12.3 Å². The lowest BCUT2D eigenvalue weighted by Crippen LogP contribution is -2.22. The summed E-state index contributed by atoms with van der Waals surface area (Å²) >= 11 is 0. The van der Waals surface area contributed by atoms with Crippen molar-refractivity contribution in [3.8, 4) is 0 Å². The van der Waals surface area contributed by atoms with Gasteiger partial charge < -0.3 is 5.32 Å². The highest BCUT2D eigenvalue weighted by atomic mass is 16.1. The van der Waals surface area contributed by atoms with Crippen LogP contribution in [0.5, 0.6) is 0 Å². The van der Waals surface area contributed by atoms with Gasteiger partial charge in [-0.15, -0.1) is 0 Å². The Morgan fingerprint density at radius 3 is 2.50 bits per heavy atom. The first-order chi connectivity index (χ1) is 10.8. The molecule has 2 rings (SSSR count). The monoisotopic (exact) mass is 299 g/mol. The molecule has 0 saturated carbocycles. The van der Waals surface area contributed by atoms with Crippen molar-refractivity contribution in [3.63, 3.8) is 0 Å².